The third kappa shape index (κ3) is 1.70. The molecule has 0 saturated heterocycles. The van der Waals surface area contributed by atoms with Crippen LogP contribution >= 0.6 is 11.6 Å². The number of imidazole rings is 1. The fourth-order valence-electron chi connectivity index (χ4n) is 2.01. The Hall–Kier alpha value is -1.06. The van der Waals surface area contributed by atoms with Gasteiger partial charge in [-0.15, -0.1) is 0 Å². The molecule has 0 aliphatic heterocycles. The van der Waals surface area contributed by atoms with E-state index in [0.29, 0.717) is 11.2 Å². The van der Waals surface area contributed by atoms with Crippen molar-refractivity contribution >= 4 is 17.2 Å². The first kappa shape index (κ1) is 10.1. The van der Waals surface area contributed by atoms with Gasteiger partial charge in [0.05, 0.1) is 5.69 Å². The summed E-state index contributed by atoms with van der Waals surface area (Å²) in [6.45, 7) is 3.05. The Morgan fingerprint density at radius 2 is 2.38 bits per heavy atom. The first-order valence-corrected chi connectivity index (χ1v) is 5.98. The van der Waals surface area contributed by atoms with Crippen molar-refractivity contribution in [1.29, 1.82) is 0 Å². The smallest absolute Gasteiger partial charge is 0.152 e. The highest BCUT2D eigenvalue weighted by Crippen LogP contribution is 2.29. The van der Waals surface area contributed by atoms with Crippen LogP contribution in [0.4, 0.5) is 0 Å². The van der Waals surface area contributed by atoms with Gasteiger partial charge in [-0.25, -0.2) is 4.98 Å². The lowest BCUT2D eigenvalue weighted by molar-refractivity contribution is 0.639. The largest absolute Gasteiger partial charge is 0.308 e. The van der Waals surface area contributed by atoms with Crippen LogP contribution in [0.5, 0.6) is 0 Å². The number of halogens is 1. The topological polar surface area (TPSA) is 29.3 Å². The third-order valence-electron chi connectivity index (χ3n) is 3.22. The lowest BCUT2D eigenvalue weighted by Crippen LogP contribution is -2.18. The van der Waals surface area contributed by atoms with E-state index in [4.69, 9.17) is 11.6 Å². The van der Waals surface area contributed by atoms with E-state index in [1.807, 2.05) is 28.8 Å². The first-order valence-electron chi connectivity index (χ1n) is 5.60. The molecule has 16 heavy (non-hydrogen) atoms. The monoisotopic (exact) mass is 235 g/mol. The highest BCUT2D eigenvalue weighted by atomic mass is 35.5. The van der Waals surface area contributed by atoms with Gasteiger partial charge in [-0.3, -0.25) is 0 Å². The van der Waals surface area contributed by atoms with Crippen LogP contribution in [-0.4, -0.2) is 15.4 Å². The van der Waals surface area contributed by atoms with Gasteiger partial charge in [-0.05, 0) is 24.5 Å². The van der Waals surface area contributed by atoms with Crippen molar-refractivity contribution in [2.45, 2.75) is 25.9 Å². The number of hydrogen-bond donors (Lipinski definition) is 1. The van der Waals surface area contributed by atoms with Crippen LogP contribution in [0.15, 0.2) is 24.4 Å². The molecular formula is C12H14ClN3. The van der Waals surface area contributed by atoms with Crippen molar-refractivity contribution in [1.82, 2.24) is 14.7 Å². The van der Waals surface area contributed by atoms with Crippen LogP contribution < -0.4 is 5.32 Å². The van der Waals surface area contributed by atoms with Gasteiger partial charge in [0.25, 0.3) is 0 Å². The fraction of sp³-hybridized carbons (Fsp3) is 0.417. The molecule has 2 unspecified atom stereocenters. The van der Waals surface area contributed by atoms with Gasteiger partial charge in [0.2, 0.25) is 0 Å². The zero-order valence-corrected chi connectivity index (χ0v) is 9.91. The maximum absolute atomic E-state index is 6.14. The average Bonchev–Trinajstić information content (AvgIpc) is 2.88. The number of aromatic nitrogens is 2. The van der Waals surface area contributed by atoms with E-state index in [1.54, 1.807) is 0 Å². The second-order valence-electron chi connectivity index (χ2n) is 4.48. The maximum Gasteiger partial charge on any atom is 0.152 e. The summed E-state index contributed by atoms with van der Waals surface area (Å²) in [5.41, 5.74) is 1.96. The molecule has 1 saturated carbocycles. The molecule has 0 bridgehead atoms. The molecule has 2 heterocycles. The van der Waals surface area contributed by atoms with Gasteiger partial charge in [0.1, 0.15) is 5.65 Å². The normalized spacial score (nSPS) is 23.9. The van der Waals surface area contributed by atoms with Crippen LogP contribution in [-0.2, 0) is 6.54 Å². The van der Waals surface area contributed by atoms with Crippen molar-refractivity contribution in [3.8, 4) is 0 Å². The predicted octanol–water partition coefficient (Wildman–Crippen LogP) is 2.49. The van der Waals surface area contributed by atoms with Crippen molar-refractivity contribution in [3.05, 3.63) is 35.2 Å². The molecule has 0 aromatic carbocycles. The van der Waals surface area contributed by atoms with Crippen LogP contribution in [0.3, 0.4) is 0 Å². The average molecular weight is 236 g/mol. The van der Waals surface area contributed by atoms with Gasteiger partial charge in [0, 0.05) is 18.8 Å². The number of rotatable bonds is 3. The summed E-state index contributed by atoms with van der Waals surface area (Å²) in [4.78, 5) is 4.32. The Morgan fingerprint density at radius 3 is 3.12 bits per heavy atom. The molecular weight excluding hydrogens is 222 g/mol. The lowest BCUT2D eigenvalue weighted by Gasteiger charge is -2.03. The maximum atomic E-state index is 6.14. The molecule has 1 N–H and O–H groups in total. The predicted molar refractivity (Wildman–Crippen MR) is 64.6 cm³/mol. The molecule has 84 valence electrons. The number of fused-ring (bicyclic) bond motifs is 1. The molecule has 0 amide bonds. The van der Waals surface area contributed by atoms with Crippen molar-refractivity contribution in [3.63, 3.8) is 0 Å². The highest BCUT2D eigenvalue weighted by molar-refractivity contribution is 6.30. The molecule has 1 aliphatic rings. The molecule has 2 aromatic rings. The van der Waals surface area contributed by atoms with E-state index >= 15 is 0 Å². The molecule has 2 aromatic heterocycles. The Bertz CT molecular complexity index is 520. The molecule has 3 nitrogen and oxygen atoms in total. The Kier molecular flexibility index (Phi) is 2.37. The van der Waals surface area contributed by atoms with E-state index in [9.17, 15) is 0 Å². The summed E-state index contributed by atoms with van der Waals surface area (Å²) in [7, 11) is 0. The minimum absolute atomic E-state index is 0.604. The Labute approximate surface area is 99.4 Å². The Balaban J connectivity index is 1.87. The molecule has 0 spiro atoms. The molecule has 0 radical (unpaired) electrons. The van der Waals surface area contributed by atoms with Crippen LogP contribution in [0.1, 0.15) is 19.0 Å². The first-order chi connectivity index (χ1) is 7.75. The number of hydrogen-bond acceptors (Lipinski definition) is 2. The van der Waals surface area contributed by atoms with Gasteiger partial charge in [0.15, 0.2) is 5.15 Å². The van der Waals surface area contributed by atoms with Crippen molar-refractivity contribution in [2.24, 2.45) is 5.92 Å². The van der Waals surface area contributed by atoms with Crippen LogP contribution in [0.2, 0.25) is 5.15 Å². The highest BCUT2D eigenvalue weighted by Gasteiger charge is 2.32. The molecule has 1 aliphatic carbocycles. The number of nitrogens with one attached hydrogen (secondary N) is 1. The lowest BCUT2D eigenvalue weighted by atomic mass is 10.4. The minimum atomic E-state index is 0.604. The van der Waals surface area contributed by atoms with Gasteiger partial charge in [-0.1, -0.05) is 24.6 Å². The number of pyridine rings is 1. The molecule has 2 atom stereocenters. The zero-order chi connectivity index (χ0) is 11.1. The summed E-state index contributed by atoms with van der Waals surface area (Å²) in [6, 6.07) is 6.59. The molecule has 1 fully saturated rings. The summed E-state index contributed by atoms with van der Waals surface area (Å²) in [5.74, 6) is 0.804. The minimum Gasteiger partial charge on any atom is -0.308 e. The summed E-state index contributed by atoms with van der Waals surface area (Å²) >= 11 is 6.14. The van der Waals surface area contributed by atoms with Crippen LogP contribution in [0.25, 0.3) is 5.65 Å². The van der Waals surface area contributed by atoms with Crippen molar-refractivity contribution in [2.75, 3.05) is 0 Å². The fourth-order valence-corrected chi connectivity index (χ4v) is 2.25. The molecule has 3 rings (SSSR count). The van der Waals surface area contributed by atoms with Gasteiger partial charge in [-0.2, -0.15) is 0 Å². The van der Waals surface area contributed by atoms with Crippen LogP contribution in [0, 0.1) is 5.92 Å². The van der Waals surface area contributed by atoms with E-state index in [2.05, 4.69) is 17.2 Å². The molecule has 4 heteroatoms. The van der Waals surface area contributed by atoms with E-state index in [1.165, 1.54) is 6.42 Å². The van der Waals surface area contributed by atoms with Gasteiger partial charge >= 0.3 is 0 Å². The van der Waals surface area contributed by atoms with Crippen molar-refractivity contribution < 1.29 is 0 Å². The quantitative estimate of drug-likeness (QED) is 0.886. The van der Waals surface area contributed by atoms with E-state index < -0.39 is 0 Å². The second-order valence-corrected chi connectivity index (χ2v) is 4.84. The van der Waals surface area contributed by atoms with E-state index in [0.717, 1.165) is 23.8 Å². The summed E-state index contributed by atoms with van der Waals surface area (Å²) in [5, 5.41) is 4.10. The summed E-state index contributed by atoms with van der Waals surface area (Å²) < 4.78 is 2.04. The Morgan fingerprint density at radius 1 is 1.56 bits per heavy atom. The third-order valence-corrected chi connectivity index (χ3v) is 3.52. The SMILES string of the molecule is CC1CC1NCc1c(Cl)nc2ccccn12. The number of nitrogens with zero attached hydrogens (tertiary/aromatic N) is 2. The second kappa shape index (κ2) is 3.75. The standard InChI is InChI=1S/C12H14ClN3/c1-8-6-9(8)14-7-10-12(13)15-11-4-2-3-5-16(10)11/h2-5,8-9,14H,6-7H2,1H3. The summed E-state index contributed by atoms with van der Waals surface area (Å²) in [6.07, 6.45) is 3.27. The van der Waals surface area contributed by atoms with E-state index in [-0.39, 0.29) is 0 Å². The van der Waals surface area contributed by atoms with Gasteiger partial charge < -0.3 is 9.72 Å². The zero-order valence-electron chi connectivity index (χ0n) is 9.15.